The second kappa shape index (κ2) is 4.59. The quantitative estimate of drug-likeness (QED) is 0.655. The summed E-state index contributed by atoms with van der Waals surface area (Å²) in [5, 5.41) is 0.811. The molecule has 90 valence electrons. The van der Waals surface area contributed by atoms with Crippen molar-refractivity contribution in [3.63, 3.8) is 0 Å². The molecule has 3 aromatic heterocycles. The van der Waals surface area contributed by atoms with Crippen molar-refractivity contribution in [1.29, 1.82) is 0 Å². The van der Waals surface area contributed by atoms with Crippen LogP contribution in [0.25, 0.3) is 21.9 Å². The second-order valence-electron chi connectivity index (χ2n) is 3.92. The number of hydrogen-bond donors (Lipinski definition) is 0. The number of thiophene rings is 1. The molecule has 0 atom stereocenters. The number of pyridine rings is 1. The molecule has 4 heteroatoms. The lowest BCUT2D eigenvalue weighted by Crippen LogP contribution is -1.81. The summed E-state index contributed by atoms with van der Waals surface area (Å²) >= 11 is 7.78. The van der Waals surface area contributed by atoms with Gasteiger partial charge >= 0.3 is 0 Å². The number of halogens is 1. The monoisotopic (exact) mass is 275 g/mol. The van der Waals surface area contributed by atoms with E-state index in [0.29, 0.717) is 0 Å². The fourth-order valence-electron chi connectivity index (χ4n) is 1.74. The third kappa shape index (κ3) is 2.07. The van der Waals surface area contributed by atoms with Crippen LogP contribution in [-0.2, 0) is 0 Å². The molecule has 0 aliphatic rings. The molecule has 3 rings (SSSR count). The Bertz CT molecular complexity index is 653. The van der Waals surface area contributed by atoms with E-state index in [9.17, 15) is 0 Å². The zero-order valence-electron chi connectivity index (χ0n) is 9.68. The van der Waals surface area contributed by atoms with Gasteiger partial charge in [0.25, 0.3) is 0 Å². The number of furan rings is 1. The van der Waals surface area contributed by atoms with Gasteiger partial charge < -0.3 is 4.42 Å². The molecule has 0 aliphatic heterocycles. The van der Waals surface area contributed by atoms with Crippen molar-refractivity contribution in [2.24, 2.45) is 0 Å². The summed E-state index contributed by atoms with van der Waals surface area (Å²) in [5.41, 5.74) is 1.94. The van der Waals surface area contributed by atoms with E-state index in [2.05, 4.69) is 4.98 Å². The second-order valence-corrected chi connectivity index (χ2v) is 5.59. The van der Waals surface area contributed by atoms with E-state index < -0.39 is 0 Å². The summed E-state index contributed by atoms with van der Waals surface area (Å²) in [6, 6.07) is 9.74. The molecule has 0 spiro atoms. The van der Waals surface area contributed by atoms with Crippen LogP contribution in [0.2, 0.25) is 5.02 Å². The standard InChI is InChI=1S/C14H10ClNOS/c1-9-11(15)8-14(18-9)10-4-5-16-12(7-10)13-3-2-6-17-13/h2-8H,1H3. The summed E-state index contributed by atoms with van der Waals surface area (Å²) in [4.78, 5) is 6.59. The van der Waals surface area contributed by atoms with Gasteiger partial charge in [-0.3, -0.25) is 4.98 Å². The average Bonchev–Trinajstić information content (AvgIpc) is 3.01. The van der Waals surface area contributed by atoms with Crippen LogP contribution in [0.4, 0.5) is 0 Å². The van der Waals surface area contributed by atoms with E-state index in [0.717, 1.165) is 31.8 Å². The Morgan fingerprint density at radius 3 is 2.83 bits per heavy atom. The van der Waals surface area contributed by atoms with Gasteiger partial charge in [0.1, 0.15) is 5.69 Å². The molecule has 18 heavy (non-hydrogen) atoms. The molecule has 0 N–H and O–H groups in total. The predicted octanol–water partition coefficient (Wildman–Crippen LogP) is 5.03. The highest BCUT2D eigenvalue weighted by Crippen LogP contribution is 2.34. The van der Waals surface area contributed by atoms with Crippen LogP contribution in [0.3, 0.4) is 0 Å². The van der Waals surface area contributed by atoms with Crippen molar-refractivity contribution >= 4 is 22.9 Å². The normalized spacial score (nSPS) is 10.8. The topological polar surface area (TPSA) is 26.0 Å². The van der Waals surface area contributed by atoms with Gasteiger partial charge in [-0.1, -0.05) is 11.6 Å². The van der Waals surface area contributed by atoms with Crippen LogP contribution in [0, 0.1) is 6.92 Å². The van der Waals surface area contributed by atoms with Crippen LogP contribution < -0.4 is 0 Å². The van der Waals surface area contributed by atoms with Crippen molar-refractivity contribution in [1.82, 2.24) is 4.98 Å². The Labute approximate surface area is 114 Å². The number of aromatic nitrogens is 1. The summed E-state index contributed by atoms with van der Waals surface area (Å²) in [6.07, 6.45) is 3.44. The Balaban J connectivity index is 2.06. The predicted molar refractivity (Wildman–Crippen MR) is 75.0 cm³/mol. The Hall–Kier alpha value is -1.58. The zero-order chi connectivity index (χ0) is 12.5. The van der Waals surface area contributed by atoms with Gasteiger partial charge in [0.15, 0.2) is 5.76 Å². The first kappa shape index (κ1) is 11.5. The lowest BCUT2D eigenvalue weighted by molar-refractivity contribution is 0.580. The minimum Gasteiger partial charge on any atom is -0.463 e. The zero-order valence-corrected chi connectivity index (χ0v) is 11.3. The van der Waals surface area contributed by atoms with Crippen LogP contribution in [0.15, 0.2) is 47.2 Å². The van der Waals surface area contributed by atoms with Gasteiger partial charge in [0.2, 0.25) is 0 Å². The lowest BCUT2D eigenvalue weighted by atomic mass is 10.2. The molecule has 2 nitrogen and oxygen atoms in total. The average molecular weight is 276 g/mol. The Morgan fingerprint density at radius 2 is 2.17 bits per heavy atom. The molecule has 0 saturated carbocycles. The number of hydrogen-bond acceptors (Lipinski definition) is 3. The maximum atomic E-state index is 6.09. The minimum absolute atomic E-state index is 0.774. The van der Waals surface area contributed by atoms with E-state index in [-0.39, 0.29) is 0 Å². The summed E-state index contributed by atoms with van der Waals surface area (Å²) in [5.74, 6) is 0.774. The third-order valence-electron chi connectivity index (χ3n) is 2.68. The summed E-state index contributed by atoms with van der Waals surface area (Å²) < 4.78 is 5.35. The molecule has 0 bridgehead atoms. The Kier molecular flexibility index (Phi) is 2.94. The maximum Gasteiger partial charge on any atom is 0.152 e. The van der Waals surface area contributed by atoms with Crippen molar-refractivity contribution in [2.75, 3.05) is 0 Å². The third-order valence-corrected chi connectivity index (χ3v) is 4.28. The van der Waals surface area contributed by atoms with Gasteiger partial charge in [-0.05, 0) is 42.8 Å². The van der Waals surface area contributed by atoms with Crippen molar-refractivity contribution in [2.45, 2.75) is 6.92 Å². The van der Waals surface area contributed by atoms with Crippen molar-refractivity contribution < 1.29 is 4.42 Å². The molecule has 3 aromatic rings. The van der Waals surface area contributed by atoms with Crippen LogP contribution in [0.1, 0.15) is 4.88 Å². The molecule has 0 saturated heterocycles. The van der Waals surface area contributed by atoms with Gasteiger partial charge in [-0.2, -0.15) is 0 Å². The number of nitrogens with zero attached hydrogens (tertiary/aromatic N) is 1. The first-order valence-corrected chi connectivity index (χ1v) is 6.70. The smallest absolute Gasteiger partial charge is 0.152 e. The van der Waals surface area contributed by atoms with E-state index in [1.807, 2.05) is 37.3 Å². The van der Waals surface area contributed by atoms with E-state index in [4.69, 9.17) is 16.0 Å². The van der Waals surface area contributed by atoms with Crippen LogP contribution >= 0.6 is 22.9 Å². The fourth-order valence-corrected chi connectivity index (χ4v) is 2.94. The van der Waals surface area contributed by atoms with Gasteiger partial charge in [-0.15, -0.1) is 11.3 Å². The van der Waals surface area contributed by atoms with Gasteiger partial charge in [-0.25, -0.2) is 0 Å². The molecule has 3 heterocycles. The molecule has 0 aromatic carbocycles. The van der Waals surface area contributed by atoms with Crippen LogP contribution in [0.5, 0.6) is 0 Å². The van der Waals surface area contributed by atoms with E-state index >= 15 is 0 Å². The maximum absolute atomic E-state index is 6.09. The van der Waals surface area contributed by atoms with Crippen molar-refractivity contribution in [3.05, 3.63) is 52.7 Å². The lowest BCUT2D eigenvalue weighted by Gasteiger charge is -2.00. The first-order chi connectivity index (χ1) is 8.74. The first-order valence-electron chi connectivity index (χ1n) is 5.50. The molecule has 0 fully saturated rings. The molecule has 0 amide bonds. The summed E-state index contributed by atoms with van der Waals surface area (Å²) in [6.45, 7) is 2.02. The van der Waals surface area contributed by atoms with Crippen LogP contribution in [-0.4, -0.2) is 4.98 Å². The van der Waals surface area contributed by atoms with Crippen molar-refractivity contribution in [3.8, 4) is 21.9 Å². The highest BCUT2D eigenvalue weighted by Gasteiger charge is 2.08. The number of aryl methyl sites for hydroxylation is 1. The minimum atomic E-state index is 0.774. The molecular weight excluding hydrogens is 266 g/mol. The number of rotatable bonds is 2. The largest absolute Gasteiger partial charge is 0.463 e. The Morgan fingerprint density at radius 1 is 1.28 bits per heavy atom. The highest BCUT2D eigenvalue weighted by atomic mass is 35.5. The molecule has 0 aliphatic carbocycles. The highest BCUT2D eigenvalue weighted by molar-refractivity contribution is 7.16. The van der Waals surface area contributed by atoms with E-state index in [1.54, 1.807) is 23.8 Å². The van der Waals surface area contributed by atoms with E-state index in [1.165, 1.54) is 0 Å². The molecule has 0 unspecified atom stereocenters. The fraction of sp³-hybridized carbons (Fsp3) is 0.0714. The van der Waals surface area contributed by atoms with Gasteiger partial charge in [0, 0.05) is 16.0 Å². The summed E-state index contributed by atoms with van der Waals surface area (Å²) in [7, 11) is 0. The SMILES string of the molecule is Cc1sc(-c2ccnc(-c3ccco3)c2)cc1Cl. The van der Waals surface area contributed by atoms with Gasteiger partial charge in [0.05, 0.1) is 11.3 Å². The molecular formula is C14H10ClNOS. The molecule has 0 radical (unpaired) electrons.